The summed E-state index contributed by atoms with van der Waals surface area (Å²) in [4.78, 5) is 6.06. The fourth-order valence-electron chi connectivity index (χ4n) is 2.43. The van der Waals surface area contributed by atoms with Gasteiger partial charge >= 0.3 is 0 Å². The lowest BCUT2D eigenvalue weighted by Crippen LogP contribution is -1.98. The summed E-state index contributed by atoms with van der Waals surface area (Å²) >= 11 is 1.73. The Kier molecular flexibility index (Phi) is 2.26. The molecule has 0 saturated heterocycles. The van der Waals surface area contributed by atoms with Crippen LogP contribution in [0.4, 0.5) is 0 Å². The second kappa shape index (κ2) is 3.96. The maximum atomic E-state index is 9.34. The molecule has 0 spiro atoms. The molecule has 0 amide bonds. The number of hydrogen-bond donors (Lipinski definition) is 1. The number of aromatic nitrogens is 1. The minimum atomic E-state index is 0.280. The third-order valence-corrected chi connectivity index (χ3v) is 4.56. The van der Waals surface area contributed by atoms with Gasteiger partial charge in [-0.3, -0.25) is 0 Å². The smallest absolute Gasteiger partial charge is 0.124 e. The highest BCUT2D eigenvalue weighted by Gasteiger charge is 2.23. The van der Waals surface area contributed by atoms with Crippen molar-refractivity contribution in [2.75, 3.05) is 0 Å². The average molecular weight is 269 g/mol. The SMILES string of the molecule is Oc1ccc(-c2nc3c(s2)CCc2occc2-3)cc1. The number of rotatable bonds is 1. The summed E-state index contributed by atoms with van der Waals surface area (Å²) in [6.07, 6.45) is 3.68. The molecule has 0 aliphatic heterocycles. The van der Waals surface area contributed by atoms with Gasteiger partial charge in [0.05, 0.1) is 12.0 Å². The van der Waals surface area contributed by atoms with Gasteiger partial charge in [-0.2, -0.15) is 0 Å². The number of benzene rings is 1. The number of phenols is 1. The summed E-state index contributed by atoms with van der Waals surface area (Å²) in [6, 6.07) is 9.18. The second-order valence-electron chi connectivity index (χ2n) is 4.60. The van der Waals surface area contributed by atoms with Gasteiger partial charge in [0.1, 0.15) is 16.5 Å². The van der Waals surface area contributed by atoms with Crippen molar-refractivity contribution in [2.24, 2.45) is 0 Å². The molecule has 3 nitrogen and oxygen atoms in total. The number of aryl methyl sites for hydroxylation is 2. The van der Waals surface area contributed by atoms with E-state index in [-0.39, 0.29) is 5.75 Å². The number of phenolic OH excluding ortho intramolecular Hbond substituents is 1. The van der Waals surface area contributed by atoms with Crippen LogP contribution in [0.2, 0.25) is 0 Å². The molecule has 2 heterocycles. The largest absolute Gasteiger partial charge is 0.508 e. The van der Waals surface area contributed by atoms with Gasteiger partial charge in [0.15, 0.2) is 0 Å². The van der Waals surface area contributed by atoms with Crippen molar-refractivity contribution in [3.8, 4) is 27.6 Å². The first-order valence-electron chi connectivity index (χ1n) is 6.17. The molecule has 4 heteroatoms. The Morgan fingerprint density at radius 3 is 2.79 bits per heavy atom. The lowest BCUT2D eigenvalue weighted by molar-refractivity contribution is 0.475. The Balaban J connectivity index is 1.84. The Morgan fingerprint density at radius 2 is 1.95 bits per heavy atom. The zero-order valence-corrected chi connectivity index (χ0v) is 10.9. The minimum Gasteiger partial charge on any atom is -0.508 e. The Morgan fingerprint density at radius 1 is 1.11 bits per heavy atom. The van der Waals surface area contributed by atoms with Gasteiger partial charge in [-0.1, -0.05) is 0 Å². The summed E-state index contributed by atoms with van der Waals surface area (Å²) in [5, 5.41) is 10.3. The number of furan rings is 1. The maximum absolute atomic E-state index is 9.34. The van der Waals surface area contributed by atoms with Crippen LogP contribution < -0.4 is 0 Å². The summed E-state index contributed by atoms with van der Waals surface area (Å²) in [6.45, 7) is 0. The van der Waals surface area contributed by atoms with E-state index in [9.17, 15) is 5.11 Å². The molecule has 0 fully saturated rings. The van der Waals surface area contributed by atoms with Crippen molar-refractivity contribution in [3.63, 3.8) is 0 Å². The highest BCUT2D eigenvalue weighted by molar-refractivity contribution is 7.15. The topological polar surface area (TPSA) is 46.3 Å². The second-order valence-corrected chi connectivity index (χ2v) is 5.68. The lowest BCUT2D eigenvalue weighted by Gasteiger charge is -2.07. The van der Waals surface area contributed by atoms with Crippen molar-refractivity contribution in [1.29, 1.82) is 0 Å². The van der Waals surface area contributed by atoms with E-state index >= 15 is 0 Å². The predicted octanol–water partition coefficient (Wildman–Crippen LogP) is 3.87. The first-order valence-corrected chi connectivity index (χ1v) is 6.99. The van der Waals surface area contributed by atoms with Gasteiger partial charge in [0, 0.05) is 22.4 Å². The third kappa shape index (κ3) is 1.68. The van der Waals surface area contributed by atoms with Crippen LogP contribution in [0.3, 0.4) is 0 Å². The third-order valence-electron chi connectivity index (χ3n) is 3.39. The van der Waals surface area contributed by atoms with Crippen LogP contribution in [0.5, 0.6) is 5.75 Å². The summed E-state index contributed by atoms with van der Waals surface area (Å²) in [5.74, 6) is 1.32. The van der Waals surface area contributed by atoms with Gasteiger partial charge in [-0.05, 0) is 36.8 Å². The standard InChI is InChI=1S/C15H11NO2S/c17-10-3-1-9(2-4-10)15-16-14-11-7-8-18-12(11)5-6-13(14)19-15/h1-4,7-8,17H,5-6H2. The minimum absolute atomic E-state index is 0.280. The molecule has 0 bridgehead atoms. The van der Waals surface area contributed by atoms with Crippen molar-refractivity contribution in [1.82, 2.24) is 4.98 Å². The van der Waals surface area contributed by atoms with E-state index in [2.05, 4.69) is 0 Å². The van der Waals surface area contributed by atoms with E-state index in [1.54, 1.807) is 29.7 Å². The zero-order chi connectivity index (χ0) is 12.8. The first kappa shape index (κ1) is 10.8. The molecule has 0 atom stereocenters. The quantitative estimate of drug-likeness (QED) is 0.729. The van der Waals surface area contributed by atoms with Crippen LogP contribution >= 0.6 is 11.3 Å². The van der Waals surface area contributed by atoms with E-state index in [0.717, 1.165) is 40.4 Å². The van der Waals surface area contributed by atoms with Crippen LogP contribution in [0, 0.1) is 0 Å². The fraction of sp³-hybridized carbons (Fsp3) is 0.133. The van der Waals surface area contributed by atoms with Gasteiger partial charge < -0.3 is 9.52 Å². The Labute approximate surface area is 114 Å². The van der Waals surface area contributed by atoms with Gasteiger partial charge in [0.2, 0.25) is 0 Å². The van der Waals surface area contributed by atoms with Crippen LogP contribution in [-0.2, 0) is 12.8 Å². The monoisotopic (exact) mass is 269 g/mol. The maximum Gasteiger partial charge on any atom is 0.124 e. The first-order chi connectivity index (χ1) is 9.31. The number of nitrogens with zero attached hydrogens (tertiary/aromatic N) is 1. The van der Waals surface area contributed by atoms with Crippen molar-refractivity contribution >= 4 is 11.3 Å². The molecule has 1 aromatic carbocycles. The molecule has 4 rings (SSSR count). The van der Waals surface area contributed by atoms with Crippen LogP contribution in [0.15, 0.2) is 41.0 Å². The van der Waals surface area contributed by atoms with Gasteiger partial charge in [0.25, 0.3) is 0 Å². The molecule has 1 aliphatic carbocycles. The molecule has 2 aromatic heterocycles. The van der Waals surface area contributed by atoms with E-state index in [0.29, 0.717) is 0 Å². The van der Waals surface area contributed by atoms with E-state index < -0.39 is 0 Å². The summed E-state index contributed by atoms with van der Waals surface area (Å²) in [5.41, 5.74) is 3.23. The molecule has 0 saturated carbocycles. The number of hydrogen-bond acceptors (Lipinski definition) is 4. The summed E-state index contributed by atoms with van der Waals surface area (Å²) in [7, 11) is 0. The lowest BCUT2D eigenvalue weighted by atomic mass is 10.0. The highest BCUT2D eigenvalue weighted by atomic mass is 32.1. The molecular formula is C15H11NO2S. The molecule has 19 heavy (non-hydrogen) atoms. The van der Waals surface area contributed by atoms with E-state index in [1.165, 1.54) is 4.88 Å². The van der Waals surface area contributed by atoms with Crippen molar-refractivity contribution in [3.05, 3.63) is 47.2 Å². The zero-order valence-electron chi connectivity index (χ0n) is 10.1. The number of fused-ring (bicyclic) bond motifs is 3. The summed E-state index contributed by atoms with van der Waals surface area (Å²) < 4.78 is 5.48. The van der Waals surface area contributed by atoms with E-state index in [4.69, 9.17) is 9.40 Å². The Hall–Kier alpha value is -2.07. The van der Waals surface area contributed by atoms with Crippen LogP contribution in [-0.4, -0.2) is 10.1 Å². The molecule has 0 unspecified atom stereocenters. The molecule has 1 N–H and O–H groups in total. The highest BCUT2D eigenvalue weighted by Crippen LogP contribution is 2.40. The molecule has 1 aliphatic rings. The number of aromatic hydroxyl groups is 1. The molecular weight excluding hydrogens is 258 g/mol. The Bertz CT molecular complexity index is 740. The molecule has 0 radical (unpaired) electrons. The molecule has 94 valence electrons. The van der Waals surface area contributed by atoms with Crippen LogP contribution in [0.1, 0.15) is 10.6 Å². The van der Waals surface area contributed by atoms with Gasteiger partial charge in [-0.25, -0.2) is 4.98 Å². The van der Waals surface area contributed by atoms with Crippen molar-refractivity contribution < 1.29 is 9.52 Å². The van der Waals surface area contributed by atoms with Gasteiger partial charge in [-0.15, -0.1) is 11.3 Å². The predicted molar refractivity (Wildman–Crippen MR) is 74.3 cm³/mol. The van der Waals surface area contributed by atoms with Crippen LogP contribution in [0.25, 0.3) is 21.8 Å². The normalized spacial score (nSPS) is 13.1. The van der Waals surface area contributed by atoms with E-state index in [1.807, 2.05) is 18.2 Å². The fourth-order valence-corrected chi connectivity index (χ4v) is 3.51. The van der Waals surface area contributed by atoms with Crippen molar-refractivity contribution in [2.45, 2.75) is 12.8 Å². The average Bonchev–Trinajstić information content (AvgIpc) is 3.04. The number of thiazole rings is 1. The molecule has 3 aromatic rings.